The lowest BCUT2D eigenvalue weighted by Gasteiger charge is -2.00. The zero-order chi connectivity index (χ0) is 10.8. The normalized spacial score (nSPS) is 10.5. The molecule has 2 aromatic rings. The Morgan fingerprint density at radius 1 is 1.40 bits per heavy atom. The number of phenolic OH excluding ortho intramolecular Hbond substituents is 1. The van der Waals surface area contributed by atoms with Gasteiger partial charge in [0.1, 0.15) is 11.6 Å². The molecule has 0 aliphatic carbocycles. The highest BCUT2D eigenvalue weighted by atomic mass is 35.5. The van der Waals surface area contributed by atoms with Gasteiger partial charge in [-0.25, -0.2) is 4.98 Å². The van der Waals surface area contributed by atoms with Crippen LogP contribution in [0.3, 0.4) is 0 Å². The molecule has 4 nitrogen and oxygen atoms in total. The molecule has 1 aromatic carbocycles. The number of halogens is 1. The van der Waals surface area contributed by atoms with E-state index in [1.165, 1.54) is 12.1 Å². The standard InChI is InChI=1S/C10H9ClN2O2/c11-9-3-7(15)1-2-8(9)10-12-4-6(5-14)13-10/h1-4,14-15H,5H2,(H,12,13). The number of aliphatic hydroxyl groups excluding tert-OH is 1. The predicted octanol–water partition coefficient (Wildman–Crippen LogP) is 1.93. The minimum atomic E-state index is -0.0945. The summed E-state index contributed by atoms with van der Waals surface area (Å²) >= 11 is 5.93. The number of phenols is 1. The number of aliphatic hydroxyl groups is 1. The number of rotatable bonds is 2. The molecule has 1 heterocycles. The predicted molar refractivity (Wildman–Crippen MR) is 56.6 cm³/mol. The molecule has 0 aliphatic heterocycles. The van der Waals surface area contributed by atoms with Crippen molar-refractivity contribution in [2.45, 2.75) is 6.61 Å². The van der Waals surface area contributed by atoms with E-state index in [1.807, 2.05) is 0 Å². The molecule has 0 spiro atoms. The van der Waals surface area contributed by atoms with Crippen LogP contribution in [-0.2, 0) is 6.61 Å². The molecule has 15 heavy (non-hydrogen) atoms. The van der Waals surface area contributed by atoms with Crippen molar-refractivity contribution >= 4 is 11.6 Å². The highest BCUT2D eigenvalue weighted by Crippen LogP contribution is 2.28. The number of aromatic amines is 1. The summed E-state index contributed by atoms with van der Waals surface area (Å²) in [5, 5.41) is 18.5. The summed E-state index contributed by atoms with van der Waals surface area (Å²) in [6.07, 6.45) is 1.54. The van der Waals surface area contributed by atoms with E-state index in [9.17, 15) is 5.11 Å². The summed E-state index contributed by atoms with van der Waals surface area (Å²) in [6, 6.07) is 4.64. The van der Waals surface area contributed by atoms with Crippen LogP contribution in [0.1, 0.15) is 5.69 Å². The van der Waals surface area contributed by atoms with Gasteiger partial charge in [-0.2, -0.15) is 0 Å². The quantitative estimate of drug-likeness (QED) is 0.730. The van der Waals surface area contributed by atoms with Crippen molar-refractivity contribution in [1.82, 2.24) is 9.97 Å². The van der Waals surface area contributed by atoms with Gasteiger partial charge in [0.25, 0.3) is 0 Å². The van der Waals surface area contributed by atoms with Gasteiger partial charge in [0.15, 0.2) is 0 Å². The Morgan fingerprint density at radius 3 is 2.80 bits per heavy atom. The number of aromatic nitrogens is 2. The Hall–Kier alpha value is -1.52. The molecule has 0 saturated heterocycles. The van der Waals surface area contributed by atoms with Gasteiger partial charge in [0, 0.05) is 5.56 Å². The van der Waals surface area contributed by atoms with Gasteiger partial charge in [-0.15, -0.1) is 0 Å². The first kappa shape index (κ1) is 10.0. The van der Waals surface area contributed by atoms with E-state index in [4.69, 9.17) is 16.7 Å². The molecule has 0 amide bonds. The molecule has 0 saturated carbocycles. The highest BCUT2D eigenvalue weighted by Gasteiger charge is 2.07. The van der Waals surface area contributed by atoms with E-state index in [1.54, 1.807) is 12.3 Å². The maximum atomic E-state index is 9.18. The van der Waals surface area contributed by atoms with Crippen LogP contribution in [0, 0.1) is 0 Å². The van der Waals surface area contributed by atoms with Crippen molar-refractivity contribution in [3.05, 3.63) is 35.1 Å². The van der Waals surface area contributed by atoms with E-state index in [0.717, 1.165) is 0 Å². The zero-order valence-electron chi connectivity index (χ0n) is 7.74. The van der Waals surface area contributed by atoms with E-state index in [-0.39, 0.29) is 12.4 Å². The van der Waals surface area contributed by atoms with Crippen LogP contribution in [0.15, 0.2) is 24.4 Å². The molecule has 0 radical (unpaired) electrons. The molecule has 5 heteroatoms. The summed E-state index contributed by atoms with van der Waals surface area (Å²) in [4.78, 5) is 6.98. The number of benzene rings is 1. The molecule has 3 N–H and O–H groups in total. The molecule has 78 valence electrons. The second-order valence-electron chi connectivity index (χ2n) is 3.08. The second-order valence-corrected chi connectivity index (χ2v) is 3.49. The lowest BCUT2D eigenvalue weighted by molar-refractivity contribution is 0.277. The molecule has 0 aliphatic rings. The first-order valence-corrected chi connectivity index (χ1v) is 4.72. The lowest BCUT2D eigenvalue weighted by Crippen LogP contribution is -1.84. The van der Waals surface area contributed by atoms with Gasteiger partial charge in [0.05, 0.1) is 23.5 Å². The zero-order valence-corrected chi connectivity index (χ0v) is 8.49. The van der Waals surface area contributed by atoms with E-state index in [0.29, 0.717) is 22.1 Å². The maximum absolute atomic E-state index is 9.18. The number of H-pyrrole nitrogens is 1. The van der Waals surface area contributed by atoms with Crippen LogP contribution in [0.5, 0.6) is 5.75 Å². The van der Waals surface area contributed by atoms with Crippen molar-refractivity contribution in [2.24, 2.45) is 0 Å². The lowest BCUT2D eigenvalue weighted by atomic mass is 10.2. The number of nitrogens with one attached hydrogen (secondary N) is 1. The fourth-order valence-corrected chi connectivity index (χ4v) is 1.54. The minimum absolute atomic E-state index is 0.0945. The van der Waals surface area contributed by atoms with Crippen molar-refractivity contribution in [3.63, 3.8) is 0 Å². The molecular weight excluding hydrogens is 216 g/mol. The minimum Gasteiger partial charge on any atom is -0.508 e. The number of hydrogen-bond donors (Lipinski definition) is 3. The molecular formula is C10H9ClN2O2. The molecule has 0 fully saturated rings. The van der Waals surface area contributed by atoms with Crippen molar-refractivity contribution in [3.8, 4) is 17.1 Å². The smallest absolute Gasteiger partial charge is 0.139 e. The first-order valence-electron chi connectivity index (χ1n) is 4.34. The van der Waals surface area contributed by atoms with Crippen molar-refractivity contribution < 1.29 is 10.2 Å². The summed E-state index contributed by atoms with van der Waals surface area (Å²) in [5.41, 5.74) is 1.31. The van der Waals surface area contributed by atoms with Crippen molar-refractivity contribution in [1.29, 1.82) is 0 Å². The molecule has 0 bridgehead atoms. The summed E-state index contributed by atoms with van der Waals surface area (Å²) in [6.45, 7) is -0.0945. The topological polar surface area (TPSA) is 69.1 Å². The number of hydrogen-bond acceptors (Lipinski definition) is 3. The number of nitrogens with zero attached hydrogens (tertiary/aromatic N) is 1. The van der Waals surface area contributed by atoms with E-state index < -0.39 is 0 Å². The Bertz CT molecular complexity index is 482. The second kappa shape index (κ2) is 3.92. The monoisotopic (exact) mass is 224 g/mol. The van der Waals surface area contributed by atoms with Gasteiger partial charge < -0.3 is 15.2 Å². The van der Waals surface area contributed by atoms with Crippen LogP contribution in [-0.4, -0.2) is 20.2 Å². The fraction of sp³-hybridized carbons (Fsp3) is 0.100. The van der Waals surface area contributed by atoms with Crippen LogP contribution < -0.4 is 0 Å². The third kappa shape index (κ3) is 1.95. The fourth-order valence-electron chi connectivity index (χ4n) is 1.27. The summed E-state index contributed by atoms with van der Waals surface area (Å²) < 4.78 is 0. The maximum Gasteiger partial charge on any atom is 0.139 e. The molecule has 1 aromatic heterocycles. The third-order valence-electron chi connectivity index (χ3n) is 2.01. The Labute approximate surface area is 91.2 Å². The van der Waals surface area contributed by atoms with Gasteiger partial charge >= 0.3 is 0 Å². The van der Waals surface area contributed by atoms with Crippen molar-refractivity contribution in [2.75, 3.05) is 0 Å². The third-order valence-corrected chi connectivity index (χ3v) is 2.32. The average molecular weight is 225 g/mol. The SMILES string of the molecule is OCc1cnc(-c2ccc(O)cc2Cl)[nH]1. The largest absolute Gasteiger partial charge is 0.508 e. The molecule has 0 unspecified atom stereocenters. The van der Waals surface area contributed by atoms with E-state index >= 15 is 0 Å². The molecule has 2 rings (SSSR count). The van der Waals surface area contributed by atoms with Crippen LogP contribution >= 0.6 is 11.6 Å². The highest BCUT2D eigenvalue weighted by molar-refractivity contribution is 6.33. The van der Waals surface area contributed by atoms with Gasteiger partial charge in [-0.3, -0.25) is 0 Å². The first-order chi connectivity index (χ1) is 7.20. The Morgan fingerprint density at radius 2 is 2.20 bits per heavy atom. The Balaban J connectivity index is 2.44. The number of imidazole rings is 1. The Kier molecular flexibility index (Phi) is 2.62. The van der Waals surface area contributed by atoms with Crippen LogP contribution in [0.25, 0.3) is 11.4 Å². The van der Waals surface area contributed by atoms with E-state index in [2.05, 4.69) is 9.97 Å². The molecule has 0 atom stereocenters. The van der Waals surface area contributed by atoms with Gasteiger partial charge in [-0.1, -0.05) is 11.6 Å². The average Bonchev–Trinajstić information content (AvgIpc) is 2.66. The van der Waals surface area contributed by atoms with Gasteiger partial charge in [0.2, 0.25) is 0 Å². The van der Waals surface area contributed by atoms with Gasteiger partial charge in [-0.05, 0) is 18.2 Å². The number of aromatic hydroxyl groups is 1. The summed E-state index contributed by atoms with van der Waals surface area (Å²) in [7, 11) is 0. The van der Waals surface area contributed by atoms with Crippen LogP contribution in [0.4, 0.5) is 0 Å². The summed E-state index contributed by atoms with van der Waals surface area (Å²) in [5.74, 6) is 0.682. The van der Waals surface area contributed by atoms with Crippen LogP contribution in [0.2, 0.25) is 5.02 Å².